The monoisotopic (exact) mass is 461 g/mol. The van der Waals surface area contributed by atoms with E-state index in [9.17, 15) is 22.8 Å². The van der Waals surface area contributed by atoms with Crippen molar-refractivity contribution in [3.63, 3.8) is 0 Å². The van der Waals surface area contributed by atoms with Crippen LogP contribution in [-0.2, 0) is 22.3 Å². The fraction of sp³-hybridized carbons (Fsp3) is 0.304. The number of hydrogen-bond acceptors (Lipinski definition) is 5. The largest absolute Gasteiger partial charge is 0.486 e. The number of ether oxygens (including phenoxy) is 2. The third-order valence-electron chi connectivity index (χ3n) is 5.42. The maximum absolute atomic E-state index is 13.1. The molecule has 3 N–H and O–H groups in total. The van der Waals surface area contributed by atoms with Crippen molar-refractivity contribution in [2.45, 2.75) is 19.1 Å². The topological polar surface area (TPSA) is 93.9 Å². The third kappa shape index (κ3) is 5.11. The highest BCUT2D eigenvalue weighted by Gasteiger charge is 2.32. The Labute approximate surface area is 187 Å². The maximum Gasteiger partial charge on any atom is 0.416 e. The van der Waals surface area contributed by atoms with Gasteiger partial charge < -0.3 is 25.4 Å². The van der Waals surface area contributed by atoms with E-state index in [1.54, 1.807) is 0 Å². The Morgan fingerprint density at radius 1 is 1.06 bits per heavy atom. The van der Waals surface area contributed by atoms with Crippen LogP contribution in [0.2, 0.25) is 0 Å². The van der Waals surface area contributed by atoms with E-state index in [-0.39, 0.29) is 24.3 Å². The molecule has 0 saturated carbocycles. The summed E-state index contributed by atoms with van der Waals surface area (Å²) < 4.78 is 50.4. The van der Waals surface area contributed by atoms with Gasteiger partial charge in [0, 0.05) is 25.3 Å². The first-order valence-electron chi connectivity index (χ1n) is 10.3. The van der Waals surface area contributed by atoms with Crippen molar-refractivity contribution >= 4 is 23.1 Å². The van der Waals surface area contributed by atoms with E-state index < -0.39 is 23.6 Å². The first-order valence-corrected chi connectivity index (χ1v) is 10.3. The van der Waals surface area contributed by atoms with Gasteiger partial charge in [0.2, 0.25) is 0 Å². The SMILES string of the molecule is NCc1cc(NC(=O)C(=O)N2CC=C(c3ccc4c(c3)OCCO4)CC2)cc(C(F)(F)F)c1. The number of nitrogens with zero attached hydrogens (tertiary/aromatic N) is 1. The van der Waals surface area contributed by atoms with Gasteiger partial charge in [-0.15, -0.1) is 0 Å². The number of nitrogens with two attached hydrogens (primary N) is 1. The molecule has 2 aromatic carbocycles. The van der Waals surface area contributed by atoms with Gasteiger partial charge in [-0.3, -0.25) is 9.59 Å². The van der Waals surface area contributed by atoms with E-state index in [0.29, 0.717) is 37.7 Å². The van der Waals surface area contributed by atoms with Crippen LogP contribution in [0.4, 0.5) is 18.9 Å². The number of alkyl halides is 3. The second-order valence-electron chi connectivity index (χ2n) is 7.66. The molecule has 0 aliphatic carbocycles. The minimum absolute atomic E-state index is 0.131. The van der Waals surface area contributed by atoms with Gasteiger partial charge in [0.05, 0.1) is 5.56 Å². The molecule has 7 nitrogen and oxygen atoms in total. The molecule has 10 heteroatoms. The molecule has 33 heavy (non-hydrogen) atoms. The fourth-order valence-corrected chi connectivity index (χ4v) is 3.73. The van der Waals surface area contributed by atoms with Crippen LogP contribution in [0.5, 0.6) is 11.5 Å². The Bertz CT molecular complexity index is 1110. The van der Waals surface area contributed by atoms with E-state index in [2.05, 4.69) is 5.32 Å². The number of rotatable bonds is 3. The van der Waals surface area contributed by atoms with Crippen molar-refractivity contribution < 1.29 is 32.2 Å². The maximum atomic E-state index is 13.1. The Balaban J connectivity index is 1.42. The Morgan fingerprint density at radius 2 is 1.82 bits per heavy atom. The molecule has 0 spiro atoms. The molecule has 2 aliphatic rings. The summed E-state index contributed by atoms with van der Waals surface area (Å²) in [6.45, 7) is 1.34. The lowest BCUT2D eigenvalue weighted by atomic mass is 9.99. The molecular weight excluding hydrogens is 439 g/mol. The summed E-state index contributed by atoms with van der Waals surface area (Å²) in [4.78, 5) is 26.3. The van der Waals surface area contributed by atoms with Gasteiger partial charge in [-0.25, -0.2) is 0 Å². The number of carbonyl (C=O) groups excluding carboxylic acids is 2. The zero-order chi connectivity index (χ0) is 23.6. The van der Waals surface area contributed by atoms with Crippen molar-refractivity contribution in [3.8, 4) is 11.5 Å². The van der Waals surface area contributed by atoms with Crippen molar-refractivity contribution in [1.29, 1.82) is 0 Å². The fourth-order valence-electron chi connectivity index (χ4n) is 3.73. The summed E-state index contributed by atoms with van der Waals surface area (Å²) >= 11 is 0. The number of benzene rings is 2. The van der Waals surface area contributed by atoms with Gasteiger partial charge in [0.15, 0.2) is 11.5 Å². The molecule has 4 rings (SSSR count). The van der Waals surface area contributed by atoms with Crippen LogP contribution in [0.15, 0.2) is 42.5 Å². The normalized spacial score (nSPS) is 15.6. The van der Waals surface area contributed by atoms with Crippen molar-refractivity contribution in [3.05, 3.63) is 59.2 Å². The summed E-state index contributed by atoms with van der Waals surface area (Å²) in [5, 5.41) is 2.27. The molecule has 0 bridgehead atoms. The first-order chi connectivity index (χ1) is 15.7. The summed E-state index contributed by atoms with van der Waals surface area (Å²) in [7, 11) is 0. The zero-order valence-electron chi connectivity index (χ0n) is 17.6. The molecule has 2 aliphatic heterocycles. The van der Waals surface area contributed by atoms with Crippen LogP contribution in [0.3, 0.4) is 0 Å². The predicted octanol–water partition coefficient (Wildman–Crippen LogP) is 3.19. The summed E-state index contributed by atoms with van der Waals surface area (Å²) in [5.74, 6) is -0.481. The first kappa shape index (κ1) is 22.7. The van der Waals surface area contributed by atoms with Crippen LogP contribution < -0.4 is 20.5 Å². The molecule has 0 fully saturated rings. The van der Waals surface area contributed by atoms with Crippen LogP contribution in [-0.4, -0.2) is 43.0 Å². The number of fused-ring (bicyclic) bond motifs is 1. The Hall–Kier alpha value is -3.53. The second-order valence-corrected chi connectivity index (χ2v) is 7.66. The molecule has 2 aromatic rings. The molecule has 174 valence electrons. The van der Waals surface area contributed by atoms with Gasteiger partial charge in [-0.2, -0.15) is 13.2 Å². The minimum atomic E-state index is -4.60. The standard InChI is InChI=1S/C23H22F3N3O4/c24-23(25,26)17-9-14(13-27)10-18(12-17)28-21(30)22(31)29-5-3-15(4-6-29)16-1-2-19-20(11-16)33-8-7-32-19/h1-3,9-12H,4-8,13,27H2,(H,28,30). The number of halogens is 3. The van der Waals surface area contributed by atoms with Crippen LogP contribution >= 0.6 is 0 Å². The number of amides is 2. The van der Waals surface area contributed by atoms with E-state index in [1.165, 1.54) is 11.0 Å². The molecule has 0 unspecified atom stereocenters. The van der Waals surface area contributed by atoms with Crippen molar-refractivity contribution in [2.75, 3.05) is 31.6 Å². The number of carbonyl (C=O) groups is 2. The van der Waals surface area contributed by atoms with Gasteiger partial charge in [-0.1, -0.05) is 12.1 Å². The number of hydrogen-bond donors (Lipinski definition) is 2. The van der Waals surface area contributed by atoms with Gasteiger partial charge in [-0.05, 0) is 53.5 Å². The van der Waals surface area contributed by atoms with Crippen molar-refractivity contribution in [2.24, 2.45) is 5.73 Å². The quantitative estimate of drug-likeness (QED) is 0.685. The molecule has 2 heterocycles. The lowest BCUT2D eigenvalue weighted by Crippen LogP contribution is -2.41. The van der Waals surface area contributed by atoms with Crippen LogP contribution in [0.1, 0.15) is 23.1 Å². The lowest BCUT2D eigenvalue weighted by Gasteiger charge is -2.27. The summed E-state index contributed by atoms with van der Waals surface area (Å²) in [6.07, 6.45) is -2.24. The highest BCUT2D eigenvalue weighted by molar-refractivity contribution is 6.39. The molecule has 0 atom stereocenters. The minimum Gasteiger partial charge on any atom is -0.486 e. The van der Waals surface area contributed by atoms with Gasteiger partial charge in [0.25, 0.3) is 0 Å². The molecule has 2 amide bonds. The van der Waals surface area contributed by atoms with E-state index in [0.717, 1.165) is 23.3 Å². The highest BCUT2D eigenvalue weighted by Crippen LogP contribution is 2.35. The van der Waals surface area contributed by atoms with Gasteiger partial charge >= 0.3 is 18.0 Å². The third-order valence-corrected chi connectivity index (χ3v) is 5.42. The Kier molecular flexibility index (Phi) is 6.28. The average Bonchev–Trinajstić information content (AvgIpc) is 2.82. The van der Waals surface area contributed by atoms with Crippen molar-refractivity contribution in [1.82, 2.24) is 4.90 Å². The predicted molar refractivity (Wildman–Crippen MR) is 115 cm³/mol. The highest BCUT2D eigenvalue weighted by atomic mass is 19.4. The summed E-state index contributed by atoms with van der Waals surface area (Å²) in [6, 6.07) is 8.63. The lowest BCUT2D eigenvalue weighted by molar-refractivity contribution is -0.142. The van der Waals surface area contributed by atoms with E-state index in [4.69, 9.17) is 15.2 Å². The van der Waals surface area contributed by atoms with E-state index in [1.807, 2.05) is 24.3 Å². The van der Waals surface area contributed by atoms with E-state index >= 15 is 0 Å². The van der Waals surface area contributed by atoms with Crippen LogP contribution in [0, 0.1) is 0 Å². The second kappa shape index (κ2) is 9.14. The van der Waals surface area contributed by atoms with Crippen LogP contribution in [0.25, 0.3) is 5.57 Å². The van der Waals surface area contributed by atoms with Gasteiger partial charge in [0.1, 0.15) is 13.2 Å². The average molecular weight is 461 g/mol. The summed E-state index contributed by atoms with van der Waals surface area (Å²) in [5.41, 5.74) is 6.52. The number of nitrogens with one attached hydrogen (secondary N) is 1. The molecule has 0 aromatic heterocycles. The smallest absolute Gasteiger partial charge is 0.416 e. The number of anilines is 1. The zero-order valence-corrected chi connectivity index (χ0v) is 17.6. The molecule has 0 saturated heterocycles. The molecule has 0 radical (unpaired) electrons. The Morgan fingerprint density at radius 3 is 2.48 bits per heavy atom. The molecular formula is C23H22F3N3O4.